The number of nitrogens with zero attached hydrogens (tertiary/aromatic N) is 5. The molecule has 1 atom stereocenters. The van der Waals surface area contributed by atoms with E-state index in [1.165, 1.54) is 36.8 Å². The average molecular weight is 560 g/mol. The summed E-state index contributed by atoms with van der Waals surface area (Å²) in [6.07, 6.45) is 6.59. The van der Waals surface area contributed by atoms with Crippen molar-refractivity contribution in [1.29, 1.82) is 0 Å². The van der Waals surface area contributed by atoms with Crippen LogP contribution in [-0.4, -0.2) is 67.1 Å². The third kappa shape index (κ3) is 6.63. The Morgan fingerprint density at radius 2 is 1.73 bits per heavy atom. The van der Waals surface area contributed by atoms with Gasteiger partial charge >= 0.3 is 0 Å². The van der Waals surface area contributed by atoms with Gasteiger partial charge in [-0.2, -0.15) is 4.98 Å². The highest BCUT2D eigenvalue weighted by Crippen LogP contribution is 2.44. The van der Waals surface area contributed by atoms with Crippen molar-refractivity contribution < 1.29 is 9.47 Å². The lowest BCUT2D eigenvalue weighted by atomic mass is 9.87. The SMILES string of the molecule is CC(C)(C)OCC1(C)CN(c2ccc3c(n2)CCCC3)c2nc(Nc3ccc(N4CCOCC4)cc3)ncc21.CN. The molecule has 3 aliphatic rings. The second-order valence-electron chi connectivity index (χ2n) is 12.2. The number of rotatable bonds is 6. The van der Waals surface area contributed by atoms with Gasteiger partial charge in [-0.05, 0) is 89.4 Å². The number of hydrogen-bond donors (Lipinski definition) is 2. The number of aromatic nitrogens is 3. The molecule has 1 aromatic carbocycles. The number of aryl methyl sites for hydroxylation is 2. The minimum absolute atomic E-state index is 0.226. The van der Waals surface area contributed by atoms with Gasteiger partial charge in [0.05, 0.1) is 25.4 Å². The van der Waals surface area contributed by atoms with Crippen molar-refractivity contribution in [2.24, 2.45) is 5.73 Å². The van der Waals surface area contributed by atoms with Crippen LogP contribution in [0.5, 0.6) is 0 Å². The third-order valence-corrected chi connectivity index (χ3v) is 7.95. The van der Waals surface area contributed by atoms with Crippen LogP contribution in [0, 0.1) is 0 Å². The Morgan fingerprint density at radius 1 is 1.00 bits per heavy atom. The van der Waals surface area contributed by atoms with Gasteiger partial charge in [-0.1, -0.05) is 13.0 Å². The number of fused-ring (bicyclic) bond motifs is 2. The van der Waals surface area contributed by atoms with Crippen molar-refractivity contribution in [3.8, 4) is 0 Å². The summed E-state index contributed by atoms with van der Waals surface area (Å²) in [5.41, 5.74) is 9.90. The fraction of sp³-hybridized carbons (Fsp3) is 0.531. The van der Waals surface area contributed by atoms with Gasteiger partial charge in [0.1, 0.15) is 11.6 Å². The molecular formula is C32H45N7O2. The second kappa shape index (κ2) is 12.3. The lowest BCUT2D eigenvalue weighted by Crippen LogP contribution is -2.37. The van der Waals surface area contributed by atoms with Gasteiger partial charge in [0.25, 0.3) is 0 Å². The molecule has 2 aliphatic heterocycles. The Balaban J connectivity index is 0.00000165. The van der Waals surface area contributed by atoms with Crippen LogP contribution < -0.4 is 20.9 Å². The third-order valence-electron chi connectivity index (χ3n) is 7.95. The molecule has 6 rings (SSSR count). The van der Waals surface area contributed by atoms with Gasteiger partial charge in [-0.15, -0.1) is 0 Å². The first-order valence-electron chi connectivity index (χ1n) is 14.8. The Hall–Kier alpha value is -3.27. The van der Waals surface area contributed by atoms with Crippen LogP contribution in [0.1, 0.15) is 57.4 Å². The zero-order chi connectivity index (χ0) is 29.0. The first-order valence-corrected chi connectivity index (χ1v) is 14.8. The van der Waals surface area contributed by atoms with Crippen LogP contribution in [-0.2, 0) is 27.7 Å². The summed E-state index contributed by atoms with van der Waals surface area (Å²) in [7, 11) is 1.50. The van der Waals surface area contributed by atoms with E-state index < -0.39 is 0 Å². The number of nitrogens with two attached hydrogens (primary N) is 1. The maximum absolute atomic E-state index is 6.30. The van der Waals surface area contributed by atoms with Crippen molar-refractivity contribution in [3.05, 3.63) is 59.4 Å². The summed E-state index contributed by atoms with van der Waals surface area (Å²) in [6, 6.07) is 12.9. The largest absolute Gasteiger partial charge is 0.378 e. The van der Waals surface area contributed by atoms with E-state index in [0.717, 1.165) is 68.6 Å². The minimum atomic E-state index is -0.251. The summed E-state index contributed by atoms with van der Waals surface area (Å²) in [6.45, 7) is 13.3. The quantitative estimate of drug-likeness (QED) is 0.426. The van der Waals surface area contributed by atoms with E-state index >= 15 is 0 Å². The van der Waals surface area contributed by atoms with Gasteiger partial charge in [0, 0.05) is 53.9 Å². The normalized spacial score (nSPS) is 20.1. The number of ether oxygens (including phenoxy) is 2. The van der Waals surface area contributed by atoms with Crippen molar-refractivity contribution in [2.75, 3.05) is 61.6 Å². The highest BCUT2D eigenvalue weighted by atomic mass is 16.5. The number of benzene rings is 1. The maximum Gasteiger partial charge on any atom is 0.229 e. The lowest BCUT2D eigenvalue weighted by molar-refractivity contribution is -0.0252. The molecule has 0 saturated carbocycles. The maximum atomic E-state index is 6.30. The van der Waals surface area contributed by atoms with Gasteiger partial charge < -0.3 is 30.3 Å². The van der Waals surface area contributed by atoms with Crippen molar-refractivity contribution in [2.45, 2.75) is 64.4 Å². The molecular weight excluding hydrogens is 514 g/mol. The molecule has 1 aliphatic carbocycles. The molecule has 1 fully saturated rings. The topological polar surface area (TPSA) is 102 Å². The van der Waals surface area contributed by atoms with E-state index in [4.69, 9.17) is 24.4 Å². The van der Waals surface area contributed by atoms with Crippen LogP contribution in [0.4, 0.5) is 29.0 Å². The van der Waals surface area contributed by atoms with E-state index in [-0.39, 0.29) is 11.0 Å². The molecule has 9 heteroatoms. The van der Waals surface area contributed by atoms with Crippen molar-refractivity contribution in [3.63, 3.8) is 0 Å². The van der Waals surface area contributed by atoms with Crippen LogP contribution in [0.25, 0.3) is 0 Å². The fourth-order valence-electron chi connectivity index (χ4n) is 5.69. The molecule has 0 radical (unpaired) electrons. The van der Waals surface area contributed by atoms with Crippen LogP contribution in [0.3, 0.4) is 0 Å². The Morgan fingerprint density at radius 3 is 2.46 bits per heavy atom. The van der Waals surface area contributed by atoms with E-state index in [1.807, 2.05) is 6.20 Å². The number of pyridine rings is 1. The average Bonchev–Trinajstić information content (AvgIpc) is 3.29. The van der Waals surface area contributed by atoms with E-state index in [9.17, 15) is 0 Å². The van der Waals surface area contributed by atoms with Gasteiger partial charge in [-0.3, -0.25) is 0 Å². The van der Waals surface area contributed by atoms with Crippen molar-refractivity contribution >= 4 is 29.0 Å². The Labute approximate surface area is 244 Å². The van der Waals surface area contributed by atoms with E-state index in [2.05, 4.69) is 84.9 Å². The highest BCUT2D eigenvalue weighted by molar-refractivity contribution is 5.69. The van der Waals surface area contributed by atoms with Crippen molar-refractivity contribution in [1.82, 2.24) is 15.0 Å². The lowest BCUT2D eigenvalue weighted by Gasteiger charge is -2.30. The van der Waals surface area contributed by atoms with Gasteiger partial charge in [-0.25, -0.2) is 9.97 Å². The summed E-state index contributed by atoms with van der Waals surface area (Å²) in [5.74, 6) is 2.44. The number of anilines is 5. The predicted octanol–water partition coefficient (Wildman–Crippen LogP) is 5.13. The molecule has 1 unspecified atom stereocenters. The first kappa shape index (κ1) is 29.2. The fourth-order valence-corrected chi connectivity index (χ4v) is 5.69. The summed E-state index contributed by atoms with van der Waals surface area (Å²) < 4.78 is 11.8. The van der Waals surface area contributed by atoms with Crippen LogP contribution in [0.2, 0.25) is 0 Å². The monoisotopic (exact) mass is 559 g/mol. The Kier molecular flexibility index (Phi) is 8.77. The first-order chi connectivity index (χ1) is 19.8. The Bertz CT molecular complexity index is 1320. The molecule has 0 spiro atoms. The number of nitrogens with one attached hydrogen (secondary N) is 1. The smallest absolute Gasteiger partial charge is 0.229 e. The molecule has 9 nitrogen and oxygen atoms in total. The molecule has 41 heavy (non-hydrogen) atoms. The van der Waals surface area contributed by atoms with Gasteiger partial charge in [0.15, 0.2) is 0 Å². The summed E-state index contributed by atoms with van der Waals surface area (Å²) in [5, 5.41) is 3.43. The molecule has 2 aromatic heterocycles. The second-order valence-corrected chi connectivity index (χ2v) is 12.2. The molecule has 220 valence electrons. The van der Waals surface area contributed by atoms with Crippen LogP contribution in [0.15, 0.2) is 42.6 Å². The summed E-state index contributed by atoms with van der Waals surface area (Å²) >= 11 is 0. The van der Waals surface area contributed by atoms with E-state index in [1.54, 1.807) is 0 Å². The molecule has 0 bridgehead atoms. The molecule has 1 saturated heterocycles. The summed E-state index contributed by atoms with van der Waals surface area (Å²) in [4.78, 5) is 19.5. The number of morpholine rings is 1. The predicted molar refractivity (Wildman–Crippen MR) is 166 cm³/mol. The number of hydrogen-bond acceptors (Lipinski definition) is 9. The minimum Gasteiger partial charge on any atom is -0.378 e. The molecule has 0 amide bonds. The van der Waals surface area contributed by atoms with Crippen LogP contribution >= 0.6 is 0 Å². The van der Waals surface area contributed by atoms with E-state index in [0.29, 0.717) is 12.6 Å². The molecule has 3 N–H and O–H groups in total. The molecule has 3 aromatic rings. The van der Waals surface area contributed by atoms with Gasteiger partial charge in [0.2, 0.25) is 5.95 Å². The standard InChI is InChI=1S/C31H40N6O2.CH5N/c1-30(2,3)39-21-31(4)20-37(27-14-9-22-7-5-6-8-26(22)34-27)28-25(31)19-32-29(35-28)33-23-10-12-24(13-11-23)36-15-17-38-18-16-36;1-2/h9-14,19H,5-8,15-18,20-21H2,1-4H3,(H,32,33,35);2H2,1H3. The zero-order valence-electron chi connectivity index (χ0n) is 25.2. The zero-order valence-corrected chi connectivity index (χ0v) is 25.2. The molecule has 4 heterocycles. The highest BCUT2D eigenvalue weighted by Gasteiger charge is 2.43.